The standard InChI is InChI=1S/C25H42N4O7P2/c1-9-34-38(8,31)20-15-19(20)22-23(36-37(33-14-10-12-26)29(16(2)3)17(4)5)24(32-7)25(35-22)28-13-11-21(30)27-18(28)6/h11,13,16-17,19-20,22-25H,6,9-10,14-15H2,1-5,7-8H3,(H,27,30)/t19?,20?,22-,23+,24?,25-,37?,38?/m1/s1. The molecule has 0 aromatic rings. The van der Waals surface area contributed by atoms with Gasteiger partial charge in [0.25, 0.3) is 14.4 Å². The molecule has 0 radical (unpaired) electrons. The van der Waals surface area contributed by atoms with E-state index < -0.39 is 40.4 Å². The number of ether oxygens (including phenoxy) is 2. The molecule has 0 spiro atoms. The average molecular weight is 573 g/mol. The van der Waals surface area contributed by atoms with Crippen molar-refractivity contribution in [2.75, 3.05) is 27.0 Å². The van der Waals surface area contributed by atoms with Crippen molar-refractivity contribution >= 4 is 21.8 Å². The number of nitriles is 1. The van der Waals surface area contributed by atoms with Crippen molar-refractivity contribution < 1.29 is 32.4 Å². The molecule has 2 fully saturated rings. The van der Waals surface area contributed by atoms with Crippen molar-refractivity contribution in [3.63, 3.8) is 0 Å². The summed E-state index contributed by atoms with van der Waals surface area (Å²) in [6.07, 6.45) is 1.68. The fraction of sp³-hybridized carbons (Fsp3) is 0.760. The lowest BCUT2D eigenvalue weighted by atomic mass is 10.1. The zero-order valence-corrected chi connectivity index (χ0v) is 25.2. The second-order valence-electron chi connectivity index (χ2n) is 10.3. The Balaban J connectivity index is 1.95. The van der Waals surface area contributed by atoms with Crippen molar-refractivity contribution in [1.82, 2.24) is 14.9 Å². The maximum Gasteiger partial charge on any atom is 0.259 e. The van der Waals surface area contributed by atoms with Gasteiger partial charge in [0.2, 0.25) is 7.37 Å². The zero-order valence-electron chi connectivity index (χ0n) is 23.4. The summed E-state index contributed by atoms with van der Waals surface area (Å²) in [4.78, 5) is 13.6. The lowest BCUT2D eigenvalue weighted by Crippen LogP contribution is -2.47. The minimum Gasteiger partial charge on any atom is -0.374 e. The van der Waals surface area contributed by atoms with Gasteiger partial charge in [-0.1, -0.05) is 6.58 Å². The molecule has 5 unspecified atom stereocenters. The number of nitrogens with zero attached hydrogens (tertiary/aromatic N) is 3. The van der Waals surface area contributed by atoms with Crippen LogP contribution in [0.25, 0.3) is 0 Å². The molecule has 11 nitrogen and oxygen atoms in total. The van der Waals surface area contributed by atoms with Crippen LogP contribution in [0.4, 0.5) is 0 Å². The predicted octanol–water partition coefficient (Wildman–Crippen LogP) is 4.14. The van der Waals surface area contributed by atoms with E-state index in [2.05, 4.69) is 50.3 Å². The first kappa shape index (κ1) is 31.2. The summed E-state index contributed by atoms with van der Waals surface area (Å²) in [6, 6.07) is 2.35. The Hall–Kier alpha value is -1.34. The quantitative estimate of drug-likeness (QED) is 0.240. The van der Waals surface area contributed by atoms with E-state index in [1.807, 2.05) is 6.92 Å². The van der Waals surface area contributed by atoms with Crippen molar-refractivity contribution in [2.45, 2.75) is 89.7 Å². The molecule has 1 saturated carbocycles. The Morgan fingerprint density at radius 2 is 2.03 bits per heavy atom. The first-order valence-corrected chi connectivity index (χ1v) is 16.3. The molecular formula is C25H42N4O7P2. The highest BCUT2D eigenvalue weighted by molar-refractivity contribution is 7.59. The number of carbonyl (C=O) groups is 1. The number of rotatable bonds is 14. The number of hydrogen-bond donors (Lipinski definition) is 1. The number of amides is 1. The molecular weight excluding hydrogens is 530 g/mol. The van der Waals surface area contributed by atoms with E-state index in [9.17, 15) is 9.36 Å². The molecule has 2 aliphatic heterocycles. The third-order valence-corrected chi connectivity index (χ3v) is 11.5. The summed E-state index contributed by atoms with van der Waals surface area (Å²) < 4.78 is 46.6. The Bertz CT molecular complexity index is 964. The molecule has 1 amide bonds. The van der Waals surface area contributed by atoms with Crippen molar-refractivity contribution in [2.24, 2.45) is 5.92 Å². The molecule has 0 bridgehead atoms. The monoisotopic (exact) mass is 572 g/mol. The molecule has 1 saturated heterocycles. The van der Waals surface area contributed by atoms with Crippen LogP contribution in [0.15, 0.2) is 24.7 Å². The van der Waals surface area contributed by atoms with E-state index in [-0.39, 0.29) is 42.6 Å². The molecule has 1 aliphatic carbocycles. The van der Waals surface area contributed by atoms with Gasteiger partial charge in [0.05, 0.1) is 31.8 Å². The minimum atomic E-state index is -2.85. The van der Waals surface area contributed by atoms with Gasteiger partial charge in [-0.15, -0.1) is 0 Å². The van der Waals surface area contributed by atoms with Crippen LogP contribution in [0.2, 0.25) is 0 Å². The van der Waals surface area contributed by atoms with Crippen LogP contribution in [0.1, 0.15) is 47.5 Å². The van der Waals surface area contributed by atoms with Gasteiger partial charge >= 0.3 is 0 Å². The zero-order chi connectivity index (χ0) is 28.2. The second kappa shape index (κ2) is 13.3. The highest BCUT2D eigenvalue weighted by atomic mass is 31.2. The van der Waals surface area contributed by atoms with Gasteiger partial charge in [0.15, 0.2) is 6.23 Å². The fourth-order valence-corrected chi connectivity index (χ4v) is 9.12. The van der Waals surface area contributed by atoms with Crippen LogP contribution in [0, 0.1) is 17.2 Å². The van der Waals surface area contributed by atoms with Crippen LogP contribution in [-0.2, 0) is 32.4 Å². The number of hydrogen-bond acceptors (Lipinski definition) is 10. The van der Waals surface area contributed by atoms with Gasteiger partial charge < -0.3 is 33.3 Å². The lowest BCUT2D eigenvalue weighted by Gasteiger charge is -2.38. The van der Waals surface area contributed by atoms with Gasteiger partial charge in [0, 0.05) is 49.7 Å². The van der Waals surface area contributed by atoms with Gasteiger partial charge in [-0.3, -0.25) is 9.36 Å². The van der Waals surface area contributed by atoms with Crippen LogP contribution >= 0.6 is 15.9 Å². The summed E-state index contributed by atoms with van der Waals surface area (Å²) in [6.45, 7) is 16.4. The van der Waals surface area contributed by atoms with Crippen molar-refractivity contribution in [1.29, 1.82) is 5.26 Å². The van der Waals surface area contributed by atoms with Gasteiger partial charge in [0.1, 0.15) is 18.0 Å². The van der Waals surface area contributed by atoms with Gasteiger partial charge in [-0.2, -0.15) is 5.26 Å². The Labute approximate surface area is 227 Å². The van der Waals surface area contributed by atoms with E-state index in [1.54, 1.807) is 24.9 Å². The third kappa shape index (κ3) is 7.04. The second-order valence-corrected chi connectivity index (χ2v) is 14.4. The molecule has 8 atom stereocenters. The summed E-state index contributed by atoms with van der Waals surface area (Å²) >= 11 is 0. The smallest absolute Gasteiger partial charge is 0.259 e. The normalized spacial score (nSPS) is 31.6. The molecule has 1 N–H and O–H groups in total. The SMILES string of the molecule is C=C1NC(=O)C=CN1[C@@H]1O[C@H](C2CC2P(C)(=O)OCC)[C@H](OP(OCCC#N)N(C(C)C)C(C)C)C1OC. The first-order chi connectivity index (χ1) is 18.0. The summed E-state index contributed by atoms with van der Waals surface area (Å²) in [5.41, 5.74) is -0.147. The lowest BCUT2D eigenvalue weighted by molar-refractivity contribution is -0.118. The fourth-order valence-electron chi connectivity index (χ4n) is 5.17. The van der Waals surface area contributed by atoms with Gasteiger partial charge in [-0.05, 0) is 41.0 Å². The highest BCUT2D eigenvalue weighted by Crippen LogP contribution is 2.65. The van der Waals surface area contributed by atoms with Crippen LogP contribution in [0.3, 0.4) is 0 Å². The largest absolute Gasteiger partial charge is 0.374 e. The minimum absolute atomic E-state index is 0.0656. The molecule has 2 heterocycles. The van der Waals surface area contributed by atoms with Crippen molar-refractivity contribution in [3.05, 3.63) is 24.7 Å². The molecule has 3 aliphatic rings. The van der Waals surface area contributed by atoms with Crippen LogP contribution in [0.5, 0.6) is 0 Å². The summed E-state index contributed by atoms with van der Waals surface area (Å²) in [7, 11) is -2.85. The third-order valence-electron chi connectivity index (χ3n) is 6.83. The molecule has 214 valence electrons. The van der Waals surface area contributed by atoms with E-state index >= 15 is 0 Å². The van der Waals surface area contributed by atoms with E-state index in [1.165, 1.54) is 6.08 Å². The van der Waals surface area contributed by atoms with Gasteiger partial charge in [-0.25, -0.2) is 4.67 Å². The first-order valence-electron chi connectivity index (χ1n) is 13.1. The topological polar surface area (TPSA) is 123 Å². The Kier molecular flexibility index (Phi) is 11.0. The Morgan fingerprint density at radius 1 is 1.34 bits per heavy atom. The molecule has 0 aromatic heterocycles. The number of methoxy groups -OCH3 is 1. The maximum atomic E-state index is 13.3. The molecule has 13 heteroatoms. The molecule has 0 aromatic carbocycles. The number of carbonyl (C=O) groups excluding carboxylic acids is 1. The van der Waals surface area contributed by atoms with E-state index in [0.29, 0.717) is 18.8 Å². The predicted molar refractivity (Wildman–Crippen MR) is 145 cm³/mol. The average Bonchev–Trinajstić information content (AvgIpc) is 3.56. The maximum absolute atomic E-state index is 13.3. The summed E-state index contributed by atoms with van der Waals surface area (Å²) in [5.74, 6) is 0.0295. The molecule has 3 rings (SSSR count). The molecule has 38 heavy (non-hydrogen) atoms. The van der Waals surface area contributed by atoms with Crippen LogP contribution in [-0.4, -0.2) is 84.7 Å². The number of nitrogens with one attached hydrogen (secondary N) is 1. The van der Waals surface area contributed by atoms with E-state index in [4.69, 9.17) is 28.3 Å². The Morgan fingerprint density at radius 3 is 2.58 bits per heavy atom. The highest BCUT2D eigenvalue weighted by Gasteiger charge is 2.61. The van der Waals surface area contributed by atoms with E-state index in [0.717, 1.165) is 0 Å². The van der Waals surface area contributed by atoms with Crippen molar-refractivity contribution in [3.8, 4) is 6.07 Å². The summed E-state index contributed by atoms with van der Waals surface area (Å²) in [5, 5.41) is 11.8. The van der Waals surface area contributed by atoms with Crippen LogP contribution < -0.4 is 5.32 Å².